The summed E-state index contributed by atoms with van der Waals surface area (Å²) in [6, 6.07) is 0.549. The topological polar surface area (TPSA) is 72.5 Å². The minimum Gasteiger partial charge on any atom is -0.385 e. The molecule has 21 heavy (non-hydrogen) atoms. The number of benzene rings is 1. The Hall–Kier alpha value is -1.25. The standard InChI is InChI=1S/C12H14ClF2NO4S/c1-7(3-4-20-2)16-12(17)8-5-11(21(13,18)19)10(15)6-9(8)14/h5-7H,3-4H2,1-2H3,(H,16,17). The molecule has 0 saturated carbocycles. The summed E-state index contributed by atoms with van der Waals surface area (Å²) in [6.07, 6.45) is 0.478. The molecule has 118 valence electrons. The van der Waals surface area contributed by atoms with Gasteiger partial charge in [-0.3, -0.25) is 4.79 Å². The minimum atomic E-state index is -4.42. The molecule has 0 spiro atoms. The van der Waals surface area contributed by atoms with Crippen molar-refractivity contribution in [3.8, 4) is 0 Å². The van der Waals surface area contributed by atoms with Crippen molar-refractivity contribution in [1.82, 2.24) is 5.32 Å². The predicted molar refractivity (Wildman–Crippen MR) is 72.8 cm³/mol. The van der Waals surface area contributed by atoms with Crippen molar-refractivity contribution >= 4 is 25.6 Å². The molecular weight excluding hydrogens is 328 g/mol. The molecule has 1 N–H and O–H groups in total. The maximum atomic E-state index is 13.6. The van der Waals surface area contributed by atoms with Crippen molar-refractivity contribution in [2.75, 3.05) is 13.7 Å². The van der Waals surface area contributed by atoms with Crippen LogP contribution in [0.4, 0.5) is 8.78 Å². The smallest absolute Gasteiger partial charge is 0.264 e. The number of amides is 1. The summed E-state index contributed by atoms with van der Waals surface area (Å²) in [6.45, 7) is 2.05. The van der Waals surface area contributed by atoms with Crippen LogP contribution in [0.25, 0.3) is 0 Å². The Kier molecular flexibility index (Phi) is 6.06. The third-order valence-electron chi connectivity index (χ3n) is 2.66. The molecule has 1 unspecified atom stereocenters. The van der Waals surface area contributed by atoms with Crippen LogP contribution in [0, 0.1) is 11.6 Å². The van der Waals surface area contributed by atoms with Crippen LogP contribution in [0.3, 0.4) is 0 Å². The van der Waals surface area contributed by atoms with E-state index in [1.165, 1.54) is 7.11 Å². The second-order valence-corrected chi connectivity index (χ2v) is 6.89. The van der Waals surface area contributed by atoms with Gasteiger partial charge >= 0.3 is 0 Å². The molecule has 0 heterocycles. The lowest BCUT2D eigenvalue weighted by molar-refractivity contribution is 0.0925. The van der Waals surface area contributed by atoms with Gasteiger partial charge in [0, 0.05) is 36.5 Å². The highest BCUT2D eigenvalue weighted by molar-refractivity contribution is 8.13. The highest BCUT2D eigenvalue weighted by Crippen LogP contribution is 2.22. The zero-order chi connectivity index (χ0) is 16.2. The van der Waals surface area contributed by atoms with E-state index in [-0.39, 0.29) is 6.04 Å². The molecule has 5 nitrogen and oxygen atoms in total. The number of hydrogen-bond acceptors (Lipinski definition) is 4. The van der Waals surface area contributed by atoms with Gasteiger partial charge in [0.2, 0.25) is 0 Å². The SMILES string of the molecule is COCCC(C)NC(=O)c1cc(S(=O)(=O)Cl)c(F)cc1F. The largest absolute Gasteiger partial charge is 0.385 e. The maximum absolute atomic E-state index is 13.6. The number of carbonyl (C=O) groups excluding carboxylic acids is 1. The van der Waals surface area contributed by atoms with Crippen LogP contribution in [-0.4, -0.2) is 34.1 Å². The van der Waals surface area contributed by atoms with Gasteiger partial charge in [0.1, 0.15) is 16.5 Å². The third kappa shape index (κ3) is 4.90. The molecule has 0 aromatic heterocycles. The first-order chi connectivity index (χ1) is 9.66. The van der Waals surface area contributed by atoms with Gasteiger partial charge in [0.05, 0.1) is 5.56 Å². The predicted octanol–water partition coefficient (Wildman–Crippen LogP) is 2.05. The molecule has 0 saturated heterocycles. The van der Waals surface area contributed by atoms with Crippen LogP contribution in [0.15, 0.2) is 17.0 Å². The quantitative estimate of drug-likeness (QED) is 0.804. The normalized spacial score (nSPS) is 13.0. The molecule has 1 aromatic rings. The molecular formula is C12H14ClF2NO4S. The lowest BCUT2D eigenvalue weighted by Gasteiger charge is -2.14. The van der Waals surface area contributed by atoms with Crippen LogP contribution in [0.5, 0.6) is 0 Å². The molecule has 0 aliphatic heterocycles. The van der Waals surface area contributed by atoms with E-state index in [9.17, 15) is 22.0 Å². The average molecular weight is 342 g/mol. The maximum Gasteiger partial charge on any atom is 0.264 e. The molecule has 1 amide bonds. The summed E-state index contributed by atoms with van der Waals surface area (Å²) < 4.78 is 54.1. The summed E-state index contributed by atoms with van der Waals surface area (Å²) in [5.74, 6) is -3.39. The number of methoxy groups -OCH3 is 1. The van der Waals surface area contributed by atoms with Crippen molar-refractivity contribution in [2.45, 2.75) is 24.3 Å². The van der Waals surface area contributed by atoms with Crippen LogP contribution < -0.4 is 5.32 Å². The van der Waals surface area contributed by atoms with Crippen molar-refractivity contribution in [2.24, 2.45) is 0 Å². The van der Waals surface area contributed by atoms with Gasteiger partial charge in [-0.1, -0.05) is 0 Å². The van der Waals surface area contributed by atoms with Gasteiger partial charge in [-0.25, -0.2) is 17.2 Å². The highest BCUT2D eigenvalue weighted by Gasteiger charge is 2.23. The number of rotatable bonds is 6. The first-order valence-corrected chi connectivity index (χ1v) is 8.21. The fraction of sp³-hybridized carbons (Fsp3) is 0.417. The van der Waals surface area contributed by atoms with Crippen LogP contribution >= 0.6 is 10.7 Å². The summed E-state index contributed by atoms with van der Waals surface area (Å²) in [7, 11) is 2.10. The number of carbonyl (C=O) groups is 1. The van der Waals surface area contributed by atoms with Gasteiger partial charge < -0.3 is 10.1 Å². The number of ether oxygens (including phenoxy) is 1. The first kappa shape index (κ1) is 17.8. The highest BCUT2D eigenvalue weighted by atomic mass is 35.7. The van der Waals surface area contributed by atoms with E-state index in [2.05, 4.69) is 5.32 Å². The molecule has 9 heteroatoms. The summed E-state index contributed by atoms with van der Waals surface area (Å²) in [5, 5.41) is 2.45. The number of halogens is 3. The van der Waals surface area contributed by atoms with Crippen LogP contribution in [0.2, 0.25) is 0 Å². The van der Waals surface area contributed by atoms with Crippen molar-refractivity contribution in [1.29, 1.82) is 0 Å². The van der Waals surface area contributed by atoms with Gasteiger partial charge in [0.25, 0.3) is 15.0 Å². The summed E-state index contributed by atoms with van der Waals surface area (Å²) in [5.41, 5.74) is -0.597. The van der Waals surface area contributed by atoms with E-state index in [1.807, 2.05) is 0 Å². The Morgan fingerprint density at radius 2 is 2.00 bits per heavy atom. The first-order valence-electron chi connectivity index (χ1n) is 5.90. The minimum absolute atomic E-state index is 0.310. The Labute approximate surface area is 125 Å². The van der Waals surface area contributed by atoms with Gasteiger partial charge in [-0.05, 0) is 19.4 Å². The monoisotopic (exact) mass is 341 g/mol. The molecule has 1 aromatic carbocycles. The molecule has 1 atom stereocenters. The van der Waals surface area contributed by atoms with Crippen molar-refractivity contribution in [3.63, 3.8) is 0 Å². The lowest BCUT2D eigenvalue weighted by atomic mass is 10.1. The van der Waals surface area contributed by atoms with E-state index in [1.54, 1.807) is 6.92 Å². The molecule has 0 radical (unpaired) electrons. The molecule has 0 fully saturated rings. The summed E-state index contributed by atoms with van der Waals surface area (Å²) >= 11 is 0. The molecule has 0 aliphatic carbocycles. The van der Waals surface area contributed by atoms with Crippen molar-refractivity contribution < 1.29 is 26.7 Å². The van der Waals surface area contributed by atoms with Crippen molar-refractivity contribution in [3.05, 3.63) is 29.3 Å². The molecule has 0 bridgehead atoms. The van der Waals surface area contributed by atoms with E-state index in [4.69, 9.17) is 15.4 Å². The molecule has 1 rings (SSSR count). The zero-order valence-electron chi connectivity index (χ0n) is 11.3. The van der Waals surface area contributed by atoms with E-state index in [0.717, 1.165) is 0 Å². The summed E-state index contributed by atoms with van der Waals surface area (Å²) in [4.78, 5) is 10.9. The molecule has 0 aliphatic rings. The van der Waals surface area contributed by atoms with Crippen LogP contribution in [-0.2, 0) is 13.8 Å². The lowest BCUT2D eigenvalue weighted by Crippen LogP contribution is -2.34. The second-order valence-electron chi connectivity index (χ2n) is 4.36. The number of nitrogens with one attached hydrogen (secondary N) is 1. The zero-order valence-corrected chi connectivity index (χ0v) is 12.9. The Balaban J connectivity index is 3.05. The third-order valence-corrected chi connectivity index (χ3v) is 4.00. The van der Waals surface area contributed by atoms with Gasteiger partial charge in [-0.2, -0.15) is 0 Å². The Morgan fingerprint density at radius 3 is 2.52 bits per heavy atom. The Bertz CT molecular complexity index is 636. The van der Waals surface area contributed by atoms with Crippen LogP contribution in [0.1, 0.15) is 23.7 Å². The van der Waals surface area contributed by atoms with E-state index < -0.39 is 37.1 Å². The van der Waals surface area contributed by atoms with Gasteiger partial charge in [0.15, 0.2) is 0 Å². The van der Waals surface area contributed by atoms with Gasteiger partial charge in [-0.15, -0.1) is 0 Å². The second kappa shape index (κ2) is 7.15. The van der Waals surface area contributed by atoms with E-state index >= 15 is 0 Å². The van der Waals surface area contributed by atoms with E-state index in [0.29, 0.717) is 25.2 Å². The Morgan fingerprint density at radius 1 is 1.38 bits per heavy atom. The fourth-order valence-corrected chi connectivity index (χ4v) is 2.46. The fourth-order valence-electron chi connectivity index (χ4n) is 1.56. The number of hydrogen-bond donors (Lipinski definition) is 1. The average Bonchev–Trinajstić information content (AvgIpc) is 2.34.